The van der Waals surface area contributed by atoms with Gasteiger partial charge in [-0.15, -0.1) is 0 Å². The average molecular weight is 289 g/mol. The summed E-state index contributed by atoms with van der Waals surface area (Å²) in [6.45, 7) is 1.83. The van der Waals surface area contributed by atoms with Crippen molar-refractivity contribution in [2.24, 2.45) is 5.92 Å². The van der Waals surface area contributed by atoms with Gasteiger partial charge >= 0.3 is 0 Å². The molecule has 2 rings (SSSR count). The number of rotatable bonds is 2. The van der Waals surface area contributed by atoms with E-state index < -0.39 is 15.8 Å². The van der Waals surface area contributed by atoms with E-state index in [2.05, 4.69) is 10.3 Å². The summed E-state index contributed by atoms with van der Waals surface area (Å²) >= 11 is 5.86. The number of carbonyl (C=O) groups is 1. The highest BCUT2D eigenvalue weighted by Crippen LogP contribution is 2.24. The first-order valence-electron chi connectivity index (χ1n) is 5.51. The van der Waals surface area contributed by atoms with Gasteiger partial charge in [-0.2, -0.15) is 0 Å². The lowest BCUT2D eigenvalue weighted by molar-refractivity contribution is -0.119. The van der Waals surface area contributed by atoms with Gasteiger partial charge in [0, 0.05) is 6.20 Å². The normalized spacial score (nSPS) is 21.8. The zero-order valence-electron chi connectivity index (χ0n) is 9.81. The summed E-state index contributed by atoms with van der Waals surface area (Å²) in [4.78, 5) is 15.8. The highest BCUT2D eigenvalue weighted by molar-refractivity contribution is 7.91. The predicted octanol–water partition coefficient (Wildman–Crippen LogP) is 1.42. The topological polar surface area (TPSA) is 76.1 Å². The van der Waals surface area contributed by atoms with Gasteiger partial charge in [-0.05, 0) is 25.0 Å². The van der Waals surface area contributed by atoms with E-state index in [1.165, 1.54) is 0 Å². The van der Waals surface area contributed by atoms with Gasteiger partial charge in [0.25, 0.3) is 0 Å². The van der Waals surface area contributed by atoms with E-state index in [0.717, 1.165) is 5.56 Å². The number of aromatic nitrogens is 1. The van der Waals surface area contributed by atoms with Crippen LogP contribution in [0.5, 0.6) is 0 Å². The molecule has 0 radical (unpaired) electrons. The van der Waals surface area contributed by atoms with E-state index in [-0.39, 0.29) is 22.6 Å². The van der Waals surface area contributed by atoms with E-state index in [9.17, 15) is 13.2 Å². The number of pyridine rings is 1. The molecule has 0 aliphatic carbocycles. The van der Waals surface area contributed by atoms with Crippen LogP contribution in [-0.4, -0.2) is 30.8 Å². The van der Waals surface area contributed by atoms with Crippen LogP contribution in [-0.2, 0) is 14.6 Å². The summed E-state index contributed by atoms with van der Waals surface area (Å²) in [5, 5.41) is 2.84. The molecular weight excluding hydrogens is 276 g/mol. The van der Waals surface area contributed by atoms with Crippen molar-refractivity contribution in [1.82, 2.24) is 4.98 Å². The van der Waals surface area contributed by atoms with Crippen molar-refractivity contribution in [3.05, 3.63) is 23.0 Å². The fraction of sp³-hybridized carbons (Fsp3) is 0.455. The molecule has 1 amide bonds. The van der Waals surface area contributed by atoms with Crippen molar-refractivity contribution < 1.29 is 13.2 Å². The molecule has 5 nitrogen and oxygen atoms in total. The molecular formula is C11H13ClN2O3S. The Morgan fingerprint density at radius 3 is 2.89 bits per heavy atom. The van der Waals surface area contributed by atoms with Gasteiger partial charge in [-0.25, -0.2) is 13.4 Å². The molecule has 1 N–H and O–H groups in total. The third-order valence-corrected chi connectivity index (χ3v) is 4.91. The molecule has 2 heterocycles. The molecule has 1 aromatic rings. The molecule has 0 aromatic carbocycles. The third-order valence-electron chi connectivity index (χ3n) is 2.84. The summed E-state index contributed by atoms with van der Waals surface area (Å²) < 4.78 is 22.6. The summed E-state index contributed by atoms with van der Waals surface area (Å²) in [6.07, 6.45) is 1.96. The van der Waals surface area contributed by atoms with E-state index in [4.69, 9.17) is 11.6 Å². The monoisotopic (exact) mass is 288 g/mol. The molecule has 1 atom stereocenters. The number of aryl methyl sites for hydroxylation is 1. The van der Waals surface area contributed by atoms with Crippen molar-refractivity contribution in [3.8, 4) is 0 Å². The highest BCUT2D eigenvalue weighted by Gasteiger charge is 2.33. The van der Waals surface area contributed by atoms with Crippen LogP contribution in [0.2, 0.25) is 5.15 Å². The molecule has 1 saturated heterocycles. The second-order valence-electron chi connectivity index (χ2n) is 4.44. The van der Waals surface area contributed by atoms with E-state index >= 15 is 0 Å². The maximum absolute atomic E-state index is 11.9. The minimum atomic E-state index is -3.06. The Kier molecular flexibility index (Phi) is 3.59. The fourth-order valence-corrected chi connectivity index (χ4v) is 3.77. The van der Waals surface area contributed by atoms with Gasteiger partial charge in [0.2, 0.25) is 5.91 Å². The standard InChI is InChI=1S/C11H13ClN2O3S/c1-7-4-9(10(12)13-5-7)14-11(15)8-2-3-18(16,17)6-8/h4-5,8H,2-3,6H2,1H3,(H,14,15). The molecule has 18 heavy (non-hydrogen) atoms. The first-order chi connectivity index (χ1) is 8.37. The number of halogens is 1. The smallest absolute Gasteiger partial charge is 0.228 e. The number of amides is 1. The number of sulfone groups is 1. The fourth-order valence-electron chi connectivity index (χ4n) is 1.88. The Bertz CT molecular complexity index is 586. The second-order valence-corrected chi connectivity index (χ2v) is 7.03. The quantitative estimate of drug-likeness (QED) is 0.835. The number of anilines is 1. The van der Waals surface area contributed by atoms with Crippen LogP contribution in [0.25, 0.3) is 0 Å². The van der Waals surface area contributed by atoms with Crippen LogP contribution in [0.3, 0.4) is 0 Å². The van der Waals surface area contributed by atoms with Crippen LogP contribution < -0.4 is 5.32 Å². The minimum absolute atomic E-state index is 0.0743. The summed E-state index contributed by atoms with van der Waals surface area (Å²) in [7, 11) is -3.06. The number of hydrogen-bond donors (Lipinski definition) is 1. The number of nitrogens with one attached hydrogen (secondary N) is 1. The first kappa shape index (κ1) is 13.3. The molecule has 7 heteroatoms. The Balaban J connectivity index is 2.10. The molecule has 1 aromatic heterocycles. The molecule has 1 aliphatic heterocycles. The minimum Gasteiger partial charge on any atom is -0.323 e. The van der Waals surface area contributed by atoms with Gasteiger partial charge in [-0.1, -0.05) is 11.6 Å². The summed E-state index contributed by atoms with van der Waals surface area (Å²) in [5.74, 6) is -0.822. The Hall–Kier alpha value is -1.14. The van der Waals surface area contributed by atoms with Gasteiger partial charge in [0.1, 0.15) is 0 Å². The van der Waals surface area contributed by atoms with E-state index in [1.54, 1.807) is 12.3 Å². The number of carbonyl (C=O) groups excluding carboxylic acids is 1. The van der Waals surface area contributed by atoms with Crippen LogP contribution in [0.1, 0.15) is 12.0 Å². The number of hydrogen-bond acceptors (Lipinski definition) is 4. The molecule has 1 fully saturated rings. The zero-order chi connectivity index (χ0) is 13.3. The van der Waals surface area contributed by atoms with Crippen molar-refractivity contribution in [3.63, 3.8) is 0 Å². The maximum atomic E-state index is 11.9. The largest absolute Gasteiger partial charge is 0.323 e. The van der Waals surface area contributed by atoms with E-state index in [0.29, 0.717) is 12.1 Å². The van der Waals surface area contributed by atoms with E-state index in [1.807, 2.05) is 6.92 Å². The van der Waals surface area contributed by atoms with Crippen molar-refractivity contribution >= 4 is 33.0 Å². The molecule has 98 valence electrons. The first-order valence-corrected chi connectivity index (χ1v) is 7.71. The lowest BCUT2D eigenvalue weighted by Gasteiger charge is -2.10. The second kappa shape index (κ2) is 4.85. The van der Waals surface area contributed by atoms with Gasteiger partial charge < -0.3 is 5.32 Å². The third kappa shape index (κ3) is 3.00. The SMILES string of the molecule is Cc1cnc(Cl)c(NC(=O)C2CCS(=O)(=O)C2)c1. The van der Waals surface area contributed by atoms with Gasteiger partial charge in [0.05, 0.1) is 23.1 Å². The zero-order valence-corrected chi connectivity index (χ0v) is 11.4. The lowest BCUT2D eigenvalue weighted by atomic mass is 10.1. The highest BCUT2D eigenvalue weighted by atomic mass is 35.5. The van der Waals surface area contributed by atoms with Crippen LogP contribution >= 0.6 is 11.6 Å². The lowest BCUT2D eigenvalue weighted by Crippen LogP contribution is -2.24. The molecule has 1 unspecified atom stereocenters. The maximum Gasteiger partial charge on any atom is 0.228 e. The van der Waals surface area contributed by atoms with Gasteiger partial charge in [0.15, 0.2) is 15.0 Å². The summed E-state index contributed by atoms with van der Waals surface area (Å²) in [6, 6.07) is 1.71. The molecule has 0 bridgehead atoms. The number of nitrogens with zero attached hydrogens (tertiary/aromatic N) is 1. The van der Waals surface area contributed by atoms with Crippen LogP contribution in [0.4, 0.5) is 5.69 Å². The predicted molar refractivity (Wildman–Crippen MR) is 69.4 cm³/mol. The molecule has 1 aliphatic rings. The van der Waals surface area contributed by atoms with Crippen molar-refractivity contribution in [1.29, 1.82) is 0 Å². The van der Waals surface area contributed by atoms with Crippen LogP contribution in [0, 0.1) is 12.8 Å². The van der Waals surface area contributed by atoms with Crippen molar-refractivity contribution in [2.45, 2.75) is 13.3 Å². The Morgan fingerprint density at radius 2 is 2.28 bits per heavy atom. The van der Waals surface area contributed by atoms with Crippen LogP contribution in [0.15, 0.2) is 12.3 Å². The Morgan fingerprint density at radius 1 is 1.56 bits per heavy atom. The van der Waals surface area contributed by atoms with Gasteiger partial charge in [-0.3, -0.25) is 4.79 Å². The Labute approximate surface area is 110 Å². The van der Waals surface area contributed by atoms with Crippen molar-refractivity contribution in [2.75, 3.05) is 16.8 Å². The average Bonchev–Trinajstić information content (AvgIpc) is 2.64. The summed E-state index contributed by atoms with van der Waals surface area (Å²) in [5.41, 5.74) is 1.29. The molecule has 0 saturated carbocycles. The molecule has 0 spiro atoms.